The molecular weight excluding hydrogens is 380 g/mol. The summed E-state index contributed by atoms with van der Waals surface area (Å²) >= 11 is 0. The third-order valence-corrected chi connectivity index (χ3v) is 8.06. The highest BCUT2D eigenvalue weighted by molar-refractivity contribution is 7.91. The molecule has 0 bridgehead atoms. The molecule has 2 heterocycles. The summed E-state index contributed by atoms with van der Waals surface area (Å²) in [5, 5.41) is 1.30. The summed E-state index contributed by atoms with van der Waals surface area (Å²) in [6.07, 6.45) is 5.45. The maximum Gasteiger partial charge on any atom is 0.178 e. The van der Waals surface area contributed by atoms with Gasteiger partial charge in [-0.1, -0.05) is 31.5 Å². The standard InChI is InChI=1S/C24H30N2O2S/c1-4-29(27,28)20-9-7-8-19(15-20)23-10-5-6-13-26(23)16-22-17(2)14-18(3)24-21(22)11-12-25-24/h7-9,11-12,14-15,23,25H,4-6,10,13,16H2,1-3H3. The minimum absolute atomic E-state index is 0.138. The Morgan fingerprint density at radius 2 is 1.93 bits per heavy atom. The average molecular weight is 411 g/mol. The second-order valence-corrected chi connectivity index (χ2v) is 10.5. The summed E-state index contributed by atoms with van der Waals surface area (Å²) in [7, 11) is -3.19. The van der Waals surface area contributed by atoms with Gasteiger partial charge in [-0.05, 0) is 73.7 Å². The number of sulfone groups is 1. The lowest BCUT2D eigenvalue weighted by molar-refractivity contribution is 0.140. The van der Waals surface area contributed by atoms with E-state index < -0.39 is 9.84 Å². The van der Waals surface area contributed by atoms with Crippen LogP contribution in [0.2, 0.25) is 0 Å². The number of nitrogens with zero attached hydrogens (tertiary/aromatic N) is 1. The van der Waals surface area contributed by atoms with Gasteiger partial charge < -0.3 is 4.98 Å². The predicted molar refractivity (Wildman–Crippen MR) is 119 cm³/mol. The maximum atomic E-state index is 12.4. The topological polar surface area (TPSA) is 53.2 Å². The average Bonchev–Trinajstić information content (AvgIpc) is 3.22. The highest BCUT2D eigenvalue weighted by atomic mass is 32.2. The van der Waals surface area contributed by atoms with E-state index in [1.165, 1.54) is 40.4 Å². The Hall–Kier alpha value is -2.11. The smallest absolute Gasteiger partial charge is 0.178 e. The fraction of sp³-hybridized carbons (Fsp3) is 0.417. The van der Waals surface area contributed by atoms with Crippen molar-refractivity contribution >= 4 is 20.7 Å². The molecule has 4 nitrogen and oxygen atoms in total. The van der Waals surface area contributed by atoms with Crippen LogP contribution in [0.3, 0.4) is 0 Å². The van der Waals surface area contributed by atoms with Gasteiger partial charge in [-0.25, -0.2) is 8.42 Å². The molecule has 1 unspecified atom stereocenters. The number of hydrogen-bond acceptors (Lipinski definition) is 3. The molecule has 0 radical (unpaired) electrons. The second kappa shape index (κ2) is 7.96. The van der Waals surface area contributed by atoms with E-state index in [-0.39, 0.29) is 11.8 Å². The normalized spacial score (nSPS) is 18.4. The van der Waals surface area contributed by atoms with Crippen LogP contribution in [0.5, 0.6) is 0 Å². The van der Waals surface area contributed by atoms with Crippen molar-refractivity contribution in [1.82, 2.24) is 9.88 Å². The van der Waals surface area contributed by atoms with Crippen LogP contribution in [-0.2, 0) is 16.4 Å². The van der Waals surface area contributed by atoms with E-state index in [1.54, 1.807) is 13.0 Å². The molecule has 1 saturated heterocycles. The van der Waals surface area contributed by atoms with Crippen molar-refractivity contribution < 1.29 is 8.42 Å². The first kappa shape index (κ1) is 20.2. The largest absolute Gasteiger partial charge is 0.361 e. The van der Waals surface area contributed by atoms with Gasteiger partial charge in [0.25, 0.3) is 0 Å². The van der Waals surface area contributed by atoms with Gasteiger partial charge in [0.2, 0.25) is 0 Å². The number of aromatic amines is 1. The molecule has 1 aliphatic rings. The number of piperidine rings is 1. The first-order chi connectivity index (χ1) is 13.9. The number of fused-ring (bicyclic) bond motifs is 1. The Morgan fingerprint density at radius 1 is 1.10 bits per heavy atom. The van der Waals surface area contributed by atoms with Crippen LogP contribution in [0.1, 0.15) is 54.5 Å². The third kappa shape index (κ3) is 3.86. The summed E-state index contributed by atoms with van der Waals surface area (Å²) in [6, 6.07) is 12.3. The summed E-state index contributed by atoms with van der Waals surface area (Å²) in [5.74, 6) is 0.138. The lowest BCUT2D eigenvalue weighted by Gasteiger charge is -2.37. The van der Waals surface area contributed by atoms with Gasteiger partial charge in [-0.3, -0.25) is 4.90 Å². The third-order valence-electron chi connectivity index (χ3n) is 6.33. The molecule has 4 rings (SSSR count). The maximum absolute atomic E-state index is 12.4. The van der Waals surface area contributed by atoms with E-state index in [1.807, 2.05) is 18.3 Å². The molecule has 5 heteroatoms. The van der Waals surface area contributed by atoms with Crippen LogP contribution < -0.4 is 0 Å². The minimum Gasteiger partial charge on any atom is -0.361 e. The van der Waals surface area contributed by atoms with Crippen molar-refractivity contribution in [3.05, 3.63) is 64.8 Å². The fourth-order valence-corrected chi connectivity index (χ4v) is 5.63. The number of nitrogens with one attached hydrogen (secondary N) is 1. The molecule has 0 spiro atoms. The fourth-order valence-electron chi connectivity index (χ4n) is 4.70. The van der Waals surface area contributed by atoms with Gasteiger partial charge in [-0.15, -0.1) is 0 Å². The summed E-state index contributed by atoms with van der Waals surface area (Å²) in [6.45, 7) is 7.98. The Balaban J connectivity index is 1.70. The molecule has 29 heavy (non-hydrogen) atoms. The van der Waals surface area contributed by atoms with Gasteiger partial charge in [-0.2, -0.15) is 0 Å². The van der Waals surface area contributed by atoms with Crippen molar-refractivity contribution in [1.29, 1.82) is 0 Å². The number of hydrogen-bond donors (Lipinski definition) is 1. The Bertz CT molecular complexity index is 1130. The summed E-state index contributed by atoms with van der Waals surface area (Å²) in [4.78, 5) is 6.36. The number of aryl methyl sites for hydroxylation is 2. The molecule has 1 aliphatic heterocycles. The van der Waals surface area contributed by atoms with Crippen LogP contribution >= 0.6 is 0 Å². The van der Waals surface area contributed by atoms with Crippen molar-refractivity contribution in [2.75, 3.05) is 12.3 Å². The highest BCUT2D eigenvalue weighted by Crippen LogP contribution is 2.35. The van der Waals surface area contributed by atoms with Gasteiger partial charge in [0.05, 0.1) is 10.6 Å². The molecule has 1 aromatic heterocycles. The first-order valence-electron chi connectivity index (χ1n) is 10.5. The SMILES string of the molecule is CCS(=O)(=O)c1cccc(C2CCCCN2Cc2c(C)cc(C)c3[nH]ccc23)c1. The van der Waals surface area contributed by atoms with Crippen LogP contribution in [-0.4, -0.2) is 30.6 Å². The molecule has 0 saturated carbocycles. The lowest BCUT2D eigenvalue weighted by Crippen LogP contribution is -2.33. The zero-order valence-electron chi connectivity index (χ0n) is 17.5. The molecular formula is C24H30N2O2S. The quantitative estimate of drug-likeness (QED) is 0.620. The van der Waals surface area contributed by atoms with Crippen LogP contribution in [0.4, 0.5) is 0 Å². The molecule has 3 aromatic rings. The number of rotatable bonds is 5. The number of benzene rings is 2. The zero-order valence-corrected chi connectivity index (χ0v) is 18.3. The molecule has 1 atom stereocenters. The van der Waals surface area contributed by atoms with E-state index in [2.05, 4.69) is 41.9 Å². The summed E-state index contributed by atoms with van der Waals surface area (Å²) in [5.41, 5.74) is 6.31. The molecule has 1 N–H and O–H groups in total. The molecule has 0 aliphatic carbocycles. The van der Waals surface area contributed by atoms with E-state index in [9.17, 15) is 8.42 Å². The van der Waals surface area contributed by atoms with E-state index in [4.69, 9.17) is 0 Å². The van der Waals surface area contributed by atoms with Crippen LogP contribution in [0.25, 0.3) is 10.9 Å². The molecule has 2 aromatic carbocycles. The van der Waals surface area contributed by atoms with Crippen molar-refractivity contribution in [3.8, 4) is 0 Å². The molecule has 1 fully saturated rings. The van der Waals surface area contributed by atoms with Crippen LogP contribution in [0.15, 0.2) is 47.5 Å². The van der Waals surface area contributed by atoms with Gasteiger partial charge in [0, 0.05) is 29.7 Å². The number of H-pyrrole nitrogens is 1. The van der Waals surface area contributed by atoms with E-state index in [0.717, 1.165) is 25.1 Å². The number of likely N-dealkylation sites (tertiary alicyclic amines) is 1. The van der Waals surface area contributed by atoms with Gasteiger partial charge in [0.1, 0.15) is 0 Å². The second-order valence-electron chi connectivity index (χ2n) is 8.21. The Kier molecular flexibility index (Phi) is 5.54. The number of aromatic nitrogens is 1. The highest BCUT2D eigenvalue weighted by Gasteiger charge is 2.26. The van der Waals surface area contributed by atoms with Crippen molar-refractivity contribution in [2.45, 2.75) is 57.5 Å². The van der Waals surface area contributed by atoms with Crippen molar-refractivity contribution in [3.63, 3.8) is 0 Å². The van der Waals surface area contributed by atoms with Gasteiger partial charge in [0.15, 0.2) is 9.84 Å². The van der Waals surface area contributed by atoms with Gasteiger partial charge >= 0.3 is 0 Å². The van der Waals surface area contributed by atoms with E-state index >= 15 is 0 Å². The monoisotopic (exact) mass is 410 g/mol. The predicted octanol–water partition coefficient (Wildman–Crippen LogP) is 5.31. The molecule has 0 amide bonds. The molecule has 154 valence electrons. The minimum atomic E-state index is -3.19. The Labute approximate surface area is 173 Å². The van der Waals surface area contributed by atoms with Crippen molar-refractivity contribution in [2.24, 2.45) is 0 Å². The van der Waals surface area contributed by atoms with E-state index in [0.29, 0.717) is 4.90 Å². The first-order valence-corrected chi connectivity index (χ1v) is 12.2. The summed E-state index contributed by atoms with van der Waals surface area (Å²) < 4.78 is 24.8. The zero-order chi connectivity index (χ0) is 20.6. The lowest BCUT2D eigenvalue weighted by atomic mass is 9.93. The van der Waals surface area contributed by atoms with Crippen LogP contribution in [0, 0.1) is 13.8 Å². The Morgan fingerprint density at radius 3 is 2.72 bits per heavy atom.